The fourth-order valence-electron chi connectivity index (χ4n) is 2.15. The van der Waals surface area contributed by atoms with Crippen molar-refractivity contribution in [3.63, 3.8) is 0 Å². The lowest BCUT2D eigenvalue weighted by Gasteiger charge is -2.18. The number of carbonyl (C=O) groups is 1. The van der Waals surface area contributed by atoms with Crippen LogP contribution in [0.25, 0.3) is 0 Å². The largest absolute Gasteiger partial charge is 0.486 e. The summed E-state index contributed by atoms with van der Waals surface area (Å²) in [5.41, 5.74) is 1.09. The minimum atomic E-state index is -0.524. The van der Waals surface area contributed by atoms with Crippen molar-refractivity contribution in [1.29, 1.82) is 0 Å². The van der Waals surface area contributed by atoms with E-state index in [1.165, 1.54) is 12.1 Å². The van der Waals surface area contributed by atoms with Crippen LogP contribution in [0, 0.1) is 5.82 Å². The van der Waals surface area contributed by atoms with Crippen LogP contribution in [-0.2, 0) is 6.42 Å². The molecule has 0 atom stereocenters. The zero-order valence-corrected chi connectivity index (χ0v) is 11.8. The van der Waals surface area contributed by atoms with E-state index in [2.05, 4.69) is 0 Å². The zero-order chi connectivity index (χ0) is 14.8. The Bertz CT molecular complexity index is 700. The molecule has 0 spiro atoms. The van der Waals surface area contributed by atoms with E-state index in [4.69, 9.17) is 21.1 Å². The van der Waals surface area contributed by atoms with E-state index in [1.807, 2.05) is 0 Å². The predicted octanol–water partition coefficient (Wildman–Crippen LogP) is 3.68. The number of benzene rings is 2. The van der Waals surface area contributed by atoms with E-state index in [0.29, 0.717) is 35.8 Å². The third-order valence-electron chi connectivity index (χ3n) is 3.21. The lowest BCUT2D eigenvalue weighted by molar-refractivity contribution is 0.0991. The molecule has 0 bridgehead atoms. The summed E-state index contributed by atoms with van der Waals surface area (Å²) in [7, 11) is 0. The summed E-state index contributed by atoms with van der Waals surface area (Å²) >= 11 is 5.62. The number of Topliss-reactive ketones (excluding diaryl/α,β-unsaturated/α-hetero) is 1. The molecule has 0 aromatic heterocycles. The number of hydrogen-bond donors (Lipinski definition) is 0. The zero-order valence-electron chi connectivity index (χ0n) is 11.1. The molecule has 0 saturated carbocycles. The molecule has 2 aromatic rings. The van der Waals surface area contributed by atoms with E-state index >= 15 is 0 Å². The first-order valence-electron chi connectivity index (χ1n) is 6.50. The Morgan fingerprint density at radius 3 is 2.62 bits per heavy atom. The Morgan fingerprint density at radius 2 is 1.86 bits per heavy atom. The minimum absolute atomic E-state index is 0.0468. The molecule has 5 heteroatoms. The number of rotatable bonds is 3. The molecular weight excluding hydrogens is 295 g/mol. The molecule has 0 radical (unpaired) electrons. The summed E-state index contributed by atoms with van der Waals surface area (Å²) in [6, 6.07) is 9.41. The van der Waals surface area contributed by atoms with Crippen LogP contribution < -0.4 is 9.47 Å². The van der Waals surface area contributed by atoms with Crippen molar-refractivity contribution >= 4 is 17.4 Å². The number of hydrogen-bond acceptors (Lipinski definition) is 3. The molecule has 2 aromatic carbocycles. The number of carbonyl (C=O) groups excluding carboxylic acids is 1. The van der Waals surface area contributed by atoms with Crippen molar-refractivity contribution in [2.75, 3.05) is 13.2 Å². The lowest BCUT2D eigenvalue weighted by Crippen LogP contribution is -2.16. The molecule has 0 saturated heterocycles. The Balaban J connectivity index is 1.80. The van der Waals surface area contributed by atoms with Crippen LogP contribution in [0.4, 0.5) is 4.39 Å². The van der Waals surface area contributed by atoms with Crippen molar-refractivity contribution < 1.29 is 18.7 Å². The highest BCUT2D eigenvalue weighted by atomic mass is 35.5. The van der Waals surface area contributed by atoms with Crippen molar-refractivity contribution in [1.82, 2.24) is 0 Å². The maximum Gasteiger partial charge on any atom is 0.167 e. The minimum Gasteiger partial charge on any atom is -0.486 e. The molecule has 0 unspecified atom stereocenters. The average molecular weight is 307 g/mol. The normalized spacial score (nSPS) is 13.0. The van der Waals surface area contributed by atoms with Crippen LogP contribution in [0.3, 0.4) is 0 Å². The molecule has 21 heavy (non-hydrogen) atoms. The molecule has 3 nitrogen and oxygen atoms in total. The highest BCUT2D eigenvalue weighted by Gasteiger charge is 2.15. The molecule has 1 heterocycles. The lowest BCUT2D eigenvalue weighted by atomic mass is 10.0. The van der Waals surface area contributed by atoms with Crippen LogP contribution in [0.1, 0.15) is 15.9 Å². The van der Waals surface area contributed by atoms with Crippen LogP contribution in [0.5, 0.6) is 11.5 Å². The van der Waals surface area contributed by atoms with E-state index in [1.54, 1.807) is 24.3 Å². The molecule has 1 aliphatic rings. The maximum atomic E-state index is 13.4. The molecule has 0 N–H and O–H groups in total. The standard InChI is InChI=1S/C16H12ClFO3/c17-12-3-1-10(7-13(12)18)8-14(19)11-2-4-15-16(9-11)21-6-5-20-15/h1-4,7,9H,5-6,8H2. The van der Waals surface area contributed by atoms with Gasteiger partial charge in [0.1, 0.15) is 19.0 Å². The first-order chi connectivity index (χ1) is 10.1. The van der Waals surface area contributed by atoms with Crippen LogP contribution in [0.2, 0.25) is 5.02 Å². The summed E-state index contributed by atoms with van der Waals surface area (Å²) in [6.45, 7) is 0.970. The molecular formula is C16H12ClFO3. The number of halogens is 2. The molecule has 0 aliphatic carbocycles. The van der Waals surface area contributed by atoms with Crippen molar-refractivity contribution in [2.24, 2.45) is 0 Å². The van der Waals surface area contributed by atoms with Crippen LogP contribution >= 0.6 is 11.6 Å². The van der Waals surface area contributed by atoms with Gasteiger partial charge in [-0.3, -0.25) is 4.79 Å². The topological polar surface area (TPSA) is 35.5 Å². The van der Waals surface area contributed by atoms with Gasteiger partial charge < -0.3 is 9.47 Å². The van der Waals surface area contributed by atoms with Crippen LogP contribution in [0.15, 0.2) is 36.4 Å². The Labute approximate surface area is 126 Å². The fraction of sp³-hybridized carbons (Fsp3) is 0.188. The Hall–Kier alpha value is -2.07. The smallest absolute Gasteiger partial charge is 0.167 e. The summed E-state index contributed by atoms with van der Waals surface area (Å²) in [6.07, 6.45) is 0.105. The summed E-state index contributed by atoms with van der Waals surface area (Å²) in [5.74, 6) is 0.558. The van der Waals surface area contributed by atoms with Crippen LogP contribution in [-0.4, -0.2) is 19.0 Å². The highest BCUT2D eigenvalue weighted by Crippen LogP contribution is 2.31. The second kappa shape index (κ2) is 5.74. The van der Waals surface area contributed by atoms with Crippen molar-refractivity contribution in [3.05, 3.63) is 58.4 Å². The number of fused-ring (bicyclic) bond motifs is 1. The van der Waals surface area contributed by atoms with Gasteiger partial charge in [-0.25, -0.2) is 4.39 Å². The first kappa shape index (κ1) is 13.9. The van der Waals surface area contributed by atoms with E-state index in [0.717, 1.165) is 0 Å². The first-order valence-corrected chi connectivity index (χ1v) is 6.88. The number of ether oxygens (including phenoxy) is 2. The molecule has 108 valence electrons. The molecule has 1 aliphatic heterocycles. The van der Waals surface area contributed by atoms with Crippen molar-refractivity contribution in [2.45, 2.75) is 6.42 Å². The molecule has 0 amide bonds. The SMILES string of the molecule is O=C(Cc1ccc(Cl)c(F)c1)c1ccc2c(c1)OCCO2. The van der Waals surface area contributed by atoms with Gasteiger partial charge in [0.05, 0.1) is 5.02 Å². The maximum absolute atomic E-state index is 13.4. The Morgan fingerprint density at radius 1 is 1.10 bits per heavy atom. The third-order valence-corrected chi connectivity index (χ3v) is 3.52. The number of ketones is 1. The fourth-order valence-corrected chi connectivity index (χ4v) is 2.27. The second-order valence-electron chi connectivity index (χ2n) is 4.71. The van der Waals surface area contributed by atoms with Gasteiger partial charge in [0.15, 0.2) is 17.3 Å². The van der Waals surface area contributed by atoms with Crippen molar-refractivity contribution in [3.8, 4) is 11.5 Å². The van der Waals surface area contributed by atoms with E-state index < -0.39 is 5.82 Å². The average Bonchev–Trinajstić information content (AvgIpc) is 2.50. The van der Waals surface area contributed by atoms with Gasteiger partial charge in [0.2, 0.25) is 0 Å². The van der Waals surface area contributed by atoms with Gasteiger partial charge in [0, 0.05) is 12.0 Å². The van der Waals surface area contributed by atoms with Gasteiger partial charge in [-0.15, -0.1) is 0 Å². The quantitative estimate of drug-likeness (QED) is 0.812. The highest BCUT2D eigenvalue weighted by molar-refractivity contribution is 6.30. The van der Waals surface area contributed by atoms with Gasteiger partial charge >= 0.3 is 0 Å². The van der Waals surface area contributed by atoms with Gasteiger partial charge in [-0.1, -0.05) is 17.7 Å². The third kappa shape index (κ3) is 3.00. The molecule has 0 fully saturated rings. The van der Waals surface area contributed by atoms with Gasteiger partial charge in [0.25, 0.3) is 0 Å². The van der Waals surface area contributed by atoms with E-state index in [9.17, 15) is 9.18 Å². The summed E-state index contributed by atoms with van der Waals surface area (Å²) < 4.78 is 24.2. The monoisotopic (exact) mass is 306 g/mol. The van der Waals surface area contributed by atoms with E-state index in [-0.39, 0.29) is 17.2 Å². The Kier molecular flexibility index (Phi) is 3.80. The van der Waals surface area contributed by atoms with Gasteiger partial charge in [-0.05, 0) is 35.9 Å². The molecule has 3 rings (SSSR count). The predicted molar refractivity (Wildman–Crippen MR) is 76.9 cm³/mol. The summed E-state index contributed by atoms with van der Waals surface area (Å²) in [5, 5.41) is 0.0468. The van der Waals surface area contributed by atoms with Gasteiger partial charge in [-0.2, -0.15) is 0 Å². The summed E-state index contributed by atoms with van der Waals surface area (Å²) in [4.78, 5) is 12.2. The second-order valence-corrected chi connectivity index (χ2v) is 5.11.